The Kier molecular flexibility index (Phi) is 12.4. The van der Waals surface area contributed by atoms with Crippen molar-refractivity contribution < 1.29 is 27.5 Å². The van der Waals surface area contributed by atoms with Crippen LogP contribution in [0.1, 0.15) is 31.9 Å². The zero-order chi connectivity index (χ0) is 34.0. The molecule has 0 radical (unpaired) electrons. The molecule has 0 fully saturated rings. The van der Waals surface area contributed by atoms with Crippen molar-refractivity contribution in [3.8, 4) is 11.5 Å². The molecule has 2 amide bonds. The van der Waals surface area contributed by atoms with E-state index in [2.05, 4.69) is 21.2 Å². The van der Waals surface area contributed by atoms with E-state index in [1.807, 2.05) is 57.2 Å². The second-order valence-corrected chi connectivity index (χ2v) is 13.9. The molecule has 4 aromatic carbocycles. The normalized spacial score (nSPS) is 11.9. The average molecular weight is 723 g/mol. The van der Waals surface area contributed by atoms with Crippen LogP contribution in [0.15, 0.2) is 112 Å². The van der Waals surface area contributed by atoms with Crippen molar-refractivity contribution in [2.24, 2.45) is 0 Å². The van der Waals surface area contributed by atoms with Crippen LogP contribution in [0, 0.1) is 0 Å². The first-order valence-corrected chi connectivity index (χ1v) is 17.5. The Hall–Kier alpha value is -4.35. The summed E-state index contributed by atoms with van der Waals surface area (Å²) in [5.74, 6) is 0.261. The van der Waals surface area contributed by atoms with E-state index in [1.54, 1.807) is 61.7 Å². The number of carbonyl (C=O) groups is 2. The molecule has 0 spiro atoms. The molecule has 1 N–H and O–H groups in total. The highest BCUT2D eigenvalue weighted by molar-refractivity contribution is 9.10. The van der Waals surface area contributed by atoms with Gasteiger partial charge in [0.15, 0.2) is 0 Å². The minimum Gasteiger partial charge on any atom is -0.497 e. The number of rotatable bonds is 15. The summed E-state index contributed by atoms with van der Waals surface area (Å²) < 4.78 is 41.2. The van der Waals surface area contributed by atoms with Crippen LogP contribution >= 0.6 is 15.9 Å². The van der Waals surface area contributed by atoms with Gasteiger partial charge in [0, 0.05) is 23.5 Å². The summed E-state index contributed by atoms with van der Waals surface area (Å²) in [6, 6.07) is 28.3. The number of anilines is 1. The lowest BCUT2D eigenvalue weighted by molar-refractivity contribution is -0.140. The number of hydrogen-bond donors (Lipinski definition) is 1. The summed E-state index contributed by atoms with van der Waals surface area (Å²) in [7, 11) is -2.67. The third kappa shape index (κ3) is 9.59. The molecule has 0 aromatic heterocycles. The minimum absolute atomic E-state index is 0.0140. The largest absolute Gasteiger partial charge is 0.497 e. The highest BCUT2D eigenvalue weighted by atomic mass is 79.9. The van der Waals surface area contributed by atoms with E-state index in [9.17, 15) is 18.0 Å². The molecule has 0 unspecified atom stereocenters. The lowest BCUT2D eigenvalue weighted by atomic mass is 10.0. The number of nitrogens with zero attached hydrogens (tertiary/aromatic N) is 2. The van der Waals surface area contributed by atoms with Gasteiger partial charge in [-0.3, -0.25) is 13.9 Å². The summed E-state index contributed by atoms with van der Waals surface area (Å²) in [5.41, 5.74) is 1.85. The first-order valence-electron chi connectivity index (χ1n) is 15.3. The molecule has 0 heterocycles. The molecule has 9 nitrogen and oxygen atoms in total. The van der Waals surface area contributed by atoms with Gasteiger partial charge >= 0.3 is 0 Å². The van der Waals surface area contributed by atoms with Crippen LogP contribution in [0.25, 0.3) is 0 Å². The Morgan fingerprint density at radius 3 is 2.13 bits per heavy atom. The highest BCUT2D eigenvalue weighted by Crippen LogP contribution is 2.28. The molecular formula is C36H40BrN3O6S. The van der Waals surface area contributed by atoms with Gasteiger partial charge in [-0.1, -0.05) is 58.4 Å². The molecule has 11 heteroatoms. The predicted molar refractivity (Wildman–Crippen MR) is 187 cm³/mol. The molecule has 4 aromatic rings. The van der Waals surface area contributed by atoms with Crippen molar-refractivity contribution in [1.29, 1.82) is 0 Å². The molecule has 0 saturated carbocycles. The van der Waals surface area contributed by atoms with E-state index >= 15 is 0 Å². The molecule has 0 aliphatic rings. The number of sulfonamides is 1. The molecule has 0 saturated heterocycles. The fourth-order valence-corrected chi connectivity index (χ4v) is 6.72. The van der Waals surface area contributed by atoms with Crippen molar-refractivity contribution in [1.82, 2.24) is 10.2 Å². The first-order chi connectivity index (χ1) is 22.5. The highest BCUT2D eigenvalue weighted by Gasteiger charge is 2.35. The van der Waals surface area contributed by atoms with Gasteiger partial charge in [0.25, 0.3) is 10.0 Å². The zero-order valence-corrected chi connectivity index (χ0v) is 29.3. The van der Waals surface area contributed by atoms with Crippen molar-refractivity contribution in [3.05, 3.63) is 119 Å². The Labute approximate surface area is 285 Å². The second kappa shape index (κ2) is 16.5. The standard InChI is InChI=1S/C36H40BrN3O6S/c1-5-46-31-18-16-30(17-19-31)40(47(43,44)33-20-14-29(37)15-21-33)25-35(41)39(24-28-12-9-13-32(22-28)45-4)34(36(42)38-26(2)3)23-27-10-7-6-8-11-27/h6-22,26,34H,5,23-25H2,1-4H3,(H,38,42)/t34-/m0/s1. The summed E-state index contributed by atoms with van der Waals surface area (Å²) >= 11 is 3.36. The molecule has 1 atom stereocenters. The van der Waals surface area contributed by atoms with Gasteiger partial charge in [0.1, 0.15) is 24.1 Å². The van der Waals surface area contributed by atoms with Crippen LogP contribution in [0.2, 0.25) is 0 Å². The van der Waals surface area contributed by atoms with Gasteiger partial charge in [-0.15, -0.1) is 0 Å². The summed E-state index contributed by atoms with van der Waals surface area (Å²) in [6.07, 6.45) is 0.220. The molecule has 248 valence electrons. The van der Waals surface area contributed by atoms with E-state index in [0.29, 0.717) is 22.6 Å². The first kappa shape index (κ1) is 35.5. The zero-order valence-electron chi connectivity index (χ0n) is 26.9. The van der Waals surface area contributed by atoms with Gasteiger partial charge in [0.05, 0.1) is 24.3 Å². The van der Waals surface area contributed by atoms with Crippen molar-refractivity contribution >= 4 is 43.5 Å². The lowest BCUT2D eigenvalue weighted by Crippen LogP contribution is -2.54. The minimum atomic E-state index is -4.23. The maximum Gasteiger partial charge on any atom is 0.264 e. The topological polar surface area (TPSA) is 105 Å². The number of nitrogens with one attached hydrogen (secondary N) is 1. The number of benzene rings is 4. The van der Waals surface area contributed by atoms with Crippen LogP contribution in [-0.4, -0.2) is 57.5 Å². The Morgan fingerprint density at radius 1 is 0.851 bits per heavy atom. The van der Waals surface area contributed by atoms with E-state index < -0.39 is 28.5 Å². The van der Waals surface area contributed by atoms with Crippen LogP contribution in [0.5, 0.6) is 11.5 Å². The van der Waals surface area contributed by atoms with Gasteiger partial charge in [-0.05, 0) is 92.6 Å². The monoisotopic (exact) mass is 721 g/mol. The Bertz CT molecular complexity index is 1730. The van der Waals surface area contributed by atoms with Crippen LogP contribution in [0.4, 0.5) is 5.69 Å². The van der Waals surface area contributed by atoms with Gasteiger partial charge in [0.2, 0.25) is 11.8 Å². The maximum absolute atomic E-state index is 14.6. The van der Waals surface area contributed by atoms with Gasteiger partial charge in [-0.2, -0.15) is 0 Å². The SMILES string of the molecule is CCOc1ccc(N(CC(=O)N(Cc2cccc(OC)c2)[C@@H](Cc2ccccc2)C(=O)NC(C)C)S(=O)(=O)c2ccc(Br)cc2)cc1. The summed E-state index contributed by atoms with van der Waals surface area (Å²) in [6.45, 7) is 5.48. The fraction of sp³-hybridized carbons (Fsp3) is 0.278. The predicted octanol–water partition coefficient (Wildman–Crippen LogP) is 6.22. The van der Waals surface area contributed by atoms with Crippen molar-refractivity contribution in [2.75, 3.05) is 24.6 Å². The van der Waals surface area contributed by atoms with Gasteiger partial charge < -0.3 is 19.7 Å². The molecule has 4 rings (SSSR count). The lowest BCUT2D eigenvalue weighted by Gasteiger charge is -2.34. The smallest absolute Gasteiger partial charge is 0.264 e. The molecule has 0 aliphatic carbocycles. The average Bonchev–Trinajstić information content (AvgIpc) is 3.06. The Morgan fingerprint density at radius 2 is 1.51 bits per heavy atom. The second-order valence-electron chi connectivity index (χ2n) is 11.1. The quantitative estimate of drug-likeness (QED) is 0.156. The van der Waals surface area contributed by atoms with E-state index in [0.717, 1.165) is 15.4 Å². The van der Waals surface area contributed by atoms with E-state index in [4.69, 9.17) is 9.47 Å². The number of carbonyl (C=O) groups excluding carboxylic acids is 2. The Balaban J connectivity index is 1.81. The van der Waals surface area contributed by atoms with Crippen LogP contribution in [-0.2, 0) is 32.6 Å². The molecule has 0 bridgehead atoms. The maximum atomic E-state index is 14.6. The van der Waals surface area contributed by atoms with E-state index in [1.165, 1.54) is 17.0 Å². The number of hydrogen-bond acceptors (Lipinski definition) is 6. The number of amides is 2. The number of halogens is 1. The summed E-state index contributed by atoms with van der Waals surface area (Å²) in [4.78, 5) is 29.9. The molecular weight excluding hydrogens is 682 g/mol. The van der Waals surface area contributed by atoms with E-state index in [-0.39, 0.29) is 35.5 Å². The molecule has 47 heavy (non-hydrogen) atoms. The summed E-state index contributed by atoms with van der Waals surface area (Å²) in [5, 5.41) is 2.96. The van der Waals surface area contributed by atoms with Crippen LogP contribution < -0.4 is 19.1 Å². The van der Waals surface area contributed by atoms with Gasteiger partial charge in [-0.25, -0.2) is 8.42 Å². The molecule has 0 aliphatic heterocycles. The fourth-order valence-electron chi connectivity index (χ4n) is 5.04. The number of methoxy groups -OCH3 is 1. The van der Waals surface area contributed by atoms with Crippen molar-refractivity contribution in [3.63, 3.8) is 0 Å². The third-order valence-electron chi connectivity index (χ3n) is 7.31. The number of ether oxygens (including phenoxy) is 2. The van der Waals surface area contributed by atoms with Crippen molar-refractivity contribution in [2.45, 2.75) is 50.7 Å². The van der Waals surface area contributed by atoms with Crippen LogP contribution in [0.3, 0.4) is 0 Å². The third-order valence-corrected chi connectivity index (χ3v) is 9.62.